The fourth-order valence-electron chi connectivity index (χ4n) is 3.72. The lowest BCUT2D eigenvalue weighted by atomic mass is 9.89. The molecule has 1 unspecified atom stereocenters. The van der Waals surface area contributed by atoms with E-state index in [0.717, 1.165) is 35.4 Å². The van der Waals surface area contributed by atoms with Crippen molar-refractivity contribution in [2.75, 3.05) is 13.2 Å². The molecule has 4 rings (SSSR count). The fraction of sp³-hybridized carbons (Fsp3) is 0.409. The minimum atomic E-state index is -0.467. The number of carbonyl (C=O) groups excluding carboxylic acids is 1. The largest absolute Gasteiger partial charge is 0.490 e. The molecule has 2 heterocycles. The van der Waals surface area contributed by atoms with Crippen LogP contribution in [0.4, 0.5) is 0 Å². The molecule has 0 radical (unpaired) electrons. The maximum atomic E-state index is 13.1. The van der Waals surface area contributed by atoms with Crippen LogP contribution in [0, 0.1) is 12.8 Å². The first-order chi connectivity index (χ1) is 14.0. The van der Waals surface area contributed by atoms with Crippen LogP contribution in [0.5, 0.6) is 5.75 Å². The van der Waals surface area contributed by atoms with Crippen molar-refractivity contribution in [3.63, 3.8) is 0 Å². The van der Waals surface area contributed by atoms with Crippen molar-refractivity contribution < 1.29 is 14.3 Å². The first kappa shape index (κ1) is 19.6. The van der Waals surface area contributed by atoms with E-state index < -0.39 is 5.97 Å². The number of carbonyl (C=O) groups is 1. The van der Waals surface area contributed by atoms with Crippen molar-refractivity contribution in [1.82, 2.24) is 9.55 Å². The van der Waals surface area contributed by atoms with Gasteiger partial charge in [-0.15, -0.1) is 11.3 Å². The van der Waals surface area contributed by atoms with Gasteiger partial charge >= 0.3 is 5.97 Å². The van der Waals surface area contributed by atoms with Gasteiger partial charge in [-0.1, -0.05) is 25.1 Å². The Morgan fingerprint density at radius 3 is 2.86 bits per heavy atom. The van der Waals surface area contributed by atoms with Gasteiger partial charge in [0.1, 0.15) is 36.2 Å². The van der Waals surface area contributed by atoms with Gasteiger partial charge in [0.2, 0.25) is 0 Å². The molecule has 0 aliphatic heterocycles. The summed E-state index contributed by atoms with van der Waals surface area (Å²) in [5.74, 6) is 1.42. The van der Waals surface area contributed by atoms with Crippen LogP contribution < -0.4 is 10.3 Å². The van der Waals surface area contributed by atoms with Gasteiger partial charge in [-0.25, -0.2) is 4.98 Å². The van der Waals surface area contributed by atoms with Gasteiger partial charge < -0.3 is 9.47 Å². The third-order valence-corrected chi connectivity index (χ3v) is 6.40. The molecule has 0 fully saturated rings. The summed E-state index contributed by atoms with van der Waals surface area (Å²) in [7, 11) is 0. The Kier molecular flexibility index (Phi) is 5.67. The van der Waals surface area contributed by atoms with Gasteiger partial charge in [-0.05, 0) is 49.8 Å². The molecule has 1 aliphatic carbocycles. The summed E-state index contributed by atoms with van der Waals surface area (Å²) >= 11 is 1.62. The molecule has 0 spiro atoms. The number of nitrogens with zero attached hydrogens (tertiary/aromatic N) is 2. The monoisotopic (exact) mass is 412 g/mol. The highest BCUT2D eigenvalue weighted by atomic mass is 32.1. The number of esters is 1. The fourth-order valence-corrected chi connectivity index (χ4v) is 5.14. The molecular formula is C22H24N2O4S. The molecule has 3 aromatic rings. The molecule has 0 saturated carbocycles. The van der Waals surface area contributed by atoms with Crippen molar-refractivity contribution in [2.45, 2.75) is 39.7 Å². The highest BCUT2D eigenvalue weighted by molar-refractivity contribution is 7.18. The smallest absolute Gasteiger partial charge is 0.326 e. The van der Waals surface area contributed by atoms with Crippen molar-refractivity contribution in [2.24, 2.45) is 5.92 Å². The number of hydrogen-bond donors (Lipinski definition) is 0. The van der Waals surface area contributed by atoms with E-state index in [1.165, 1.54) is 9.44 Å². The van der Waals surface area contributed by atoms with Crippen LogP contribution in [0.1, 0.15) is 29.6 Å². The van der Waals surface area contributed by atoms with E-state index in [-0.39, 0.29) is 25.3 Å². The highest BCUT2D eigenvalue weighted by Crippen LogP contribution is 2.35. The zero-order chi connectivity index (χ0) is 20.4. The van der Waals surface area contributed by atoms with Gasteiger partial charge in [-0.2, -0.15) is 0 Å². The molecule has 2 aromatic heterocycles. The standard InChI is InChI=1S/C22H24N2O4S/c1-14-8-9-17-18(12-14)29-21-20(17)22(26)24(15(2)23-21)13-19(25)28-11-10-27-16-6-4-3-5-7-16/h3-7,14H,8-13H2,1-2H3. The predicted octanol–water partition coefficient (Wildman–Crippen LogP) is 3.51. The Morgan fingerprint density at radius 2 is 2.07 bits per heavy atom. The first-order valence-corrected chi connectivity index (χ1v) is 10.7. The Morgan fingerprint density at radius 1 is 1.28 bits per heavy atom. The van der Waals surface area contributed by atoms with Crippen molar-refractivity contribution in [3.8, 4) is 5.75 Å². The van der Waals surface area contributed by atoms with Gasteiger partial charge in [0, 0.05) is 4.88 Å². The second-order valence-electron chi connectivity index (χ2n) is 7.46. The molecule has 29 heavy (non-hydrogen) atoms. The van der Waals surface area contributed by atoms with E-state index in [2.05, 4.69) is 11.9 Å². The summed E-state index contributed by atoms with van der Waals surface area (Å²) in [5, 5.41) is 0.683. The minimum absolute atomic E-state index is 0.128. The van der Waals surface area contributed by atoms with Crippen LogP contribution in [0.25, 0.3) is 10.2 Å². The Bertz CT molecular complexity index is 1090. The zero-order valence-corrected chi connectivity index (χ0v) is 17.5. The molecule has 0 saturated heterocycles. The van der Waals surface area contributed by atoms with Crippen molar-refractivity contribution in [1.29, 1.82) is 0 Å². The Hall–Kier alpha value is -2.67. The first-order valence-electron chi connectivity index (χ1n) is 9.88. The topological polar surface area (TPSA) is 70.4 Å². The molecule has 1 atom stereocenters. The maximum Gasteiger partial charge on any atom is 0.326 e. The van der Waals surface area contributed by atoms with E-state index in [1.54, 1.807) is 18.3 Å². The number of hydrogen-bond acceptors (Lipinski definition) is 6. The average Bonchev–Trinajstić information content (AvgIpc) is 3.06. The summed E-state index contributed by atoms with van der Waals surface area (Å²) in [6.07, 6.45) is 2.98. The number of fused-ring (bicyclic) bond motifs is 3. The van der Waals surface area contributed by atoms with E-state index in [4.69, 9.17) is 9.47 Å². The van der Waals surface area contributed by atoms with Crippen LogP contribution in [0.2, 0.25) is 0 Å². The average molecular weight is 413 g/mol. The molecule has 1 aliphatic rings. The van der Waals surface area contributed by atoms with Crippen LogP contribution in [0.15, 0.2) is 35.1 Å². The van der Waals surface area contributed by atoms with Crippen LogP contribution >= 0.6 is 11.3 Å². The molecule has 6 nitrogen and oxygen atoms in total. The molecule has 1 aromatic carbocycles. The third-order valence-electron chi connectivity index (χ3n) is 5.25. The SMILES string of the molecule is Cc1nc2sc3c(c2c(=O)n1CC(=O)OCCOc1ccccc1)CCC(C)C3. The summed E-state index contributed by atoms with van der Waals surface area (Å²) in [6.45, 7) is 4.25. The highest BCUT2D eigenvalue weighted by Gasteiger charge is 2.24. The molecular weight excluding hydrogens is 388 g/mol. The van der Waals surface area contributed by atoms with Gasteiger partial charge in [0.15, 0.2) is 0 Å². The number of ether oxygens (including phenoxy) is 2. The minimum Gasteiger partial charge on any atom is -0.490 e. The number of rotatable bonds is 6. The second kappa shape index (κ2) is 8.37. The lowest BCUT2D eigenvalue weighted by Gasteiger charge is -2.17. The quantitative estimate of drug-likeness (QED) is 0.458. The van der Waals surface area contributed by atoms with Gasteiger partial charge in [0.25, 0.3) is 5.56 Å². The van der Waals surface area contributed by atoms with E-state index >= 15 is 0 Å². The molecule has 7 heteroatoms. The third kappa shape index (κ3) is 4.19. The van der Waals surface area contributed by atoms with Crippen molar-refractivity contribution in [3.05, 3.63) is 57.0 Å². The lowest BCUT2D eigenvalue weighted by molar-refractivity contribution is -0.145. The summed E-state index contributed by atoms with van der Waals surface area (Å²) in [6, 6.07) is 9.35. The zero-order valence-electron chi connectivity index (χ0n) is 16.6. The number of thiophene rings is 1. The summed E-state index contributed by atoms with van der Waals surface area (Å²) in [5.41, 5.74) is 0.982. The van der Waals surface area contributed by atoms with Crippen LogP contribution in [-0.2, 0) is 28.9 Å². The summed E-state index contributed by atoms with van der Waals surface area (Å²) in [4.78, 5) is 32.0. The van der Waals surface area contributed by atoms with Crippen molar-refractivity contribution >= 4 is 27.5 Å². The van der Waals surface area contributed by atoms with E-state index in [9.17, 15) is 9.59 Å². The predicted molar refractivity (Wildman–Crippen MR) is 113 cm³/mol. The summed E-state index contributed by atoms with van der Waals surface area (Å²) < 4.78 is 12.2. The van der Waals surface area contributed by atoms with Gasteiger partial charge in [-0.3, -0.25) is 14.2 Å². The van der Waals surface area contributed by atoms with Gasteiger partial charge in [0.05, 0.1) is 5.39 Å². The molecule has 0 bridgehead atoms. The molecule has 152 valence electrons. The van der Waals surface area contributed by atoms with E-state index in [0.29, 0.717) is 17.1 Å². The van der Waals surface area contributed by atoms with Crippen LogP contribution in [0.3, 0.4) is 0 Å². The Balaban J connectivity index is 1.45. The van der Waals surface area contributed by atoms with E-state index in [1.807, 2.05) is 30.3 Å². The number of benzene rings is 1. The number of aromatic nitrogens is 2. The molecule has 0 amide bonds. The van der Waals surface area contributed by atoms with Crippen LogP contribution in [-0.4, -0.2) is 28.7 Å². The molecule has 0 N–H and O–H groups in total. The Labute approximate surface area is 173 Å². The maximum absolute atomic E-state index is 13.1. The second-order valence-corrected chi connectivity index (χ2v) is 8.55. The normalized spacial score (nSPS) is 15.9. The lowest BCUT2D eigenvalue weighted by Crippen LogP contribution is -2.29. The number of para-hydroxylation sites is 1. The number of aryl methyl sites for hydroxylation is 2.